The number of rotatable bonds is 12. The van der Waals surface area contributed by atoms with Crippen molar-refractivity contribution in [3.63, 3.8) is 0 Å². The molecular formula is C30H36ClN3O4S. The Morgan fingerprint density at radius 2 is 1.54 bits per heavy atom. The summed E-state index contributed by atoms with van der Waals surface area (Å²) in [4.78, 5) is 28.6. The van der Waals surface area contributed by atoms with Crippen molar-refractivity contribution in [2.45, 2.75) is 58.0 Å². The van der Waals surface area contributed by atoms with Crippen LogP contribution in [0.15, 0.2) is 77.7 Å². The molecule has 0 aromatic heterocycles. The topological polar surface area (TPSA) is 86.8 Å². The highest BCUT2D eigenvalue weighted by Gasteiger charge is 2.33. The maximum absolute atomic E-state index is 14.0. The van der Waals surface area contributed by atoms with Gasteiger partial charge < -0.3 is 10.2 Å². The molecule has 3 aromatic rings. The van der Waals surface area contributed by atoms with Gasteiger partial charge in [-0.25, -0.2) is 8.42 Å². The van der Waals surface area contributed by atoms with Gasteiger partial charge in [0.1, 0.15) is 12.6 Å². The van der Waals surface area contributed by atoms with Crippen molar-refractivity contribution in [2.75, 3.05) is 17.4 Å². The van der Waals surface area contributed by atoms with Crippen LogP contribution < -0.4 is 9.62 Å². The van der Waals surface area contributed by atoms with E-state index >= 15 is 0 Å². The van der Waals surface area contributed by atoms with Crippen LogP contribution in [0.2, 0.25) is 5.02 Å². The fraction of sp³-hybridized carbons (Fsp3) is 0.333. The number of aryl methyl sites for hydroxylation is 2. The summed E-state index contributed by atoms with van der Waals surface area (Å²) in [6, 6.07) is 19.8. The zero-order valence-electron chi connectivity index (χ0n) is 22.9. The van der Waals surface area contributed by atoms with Gasteiger partial charge in [-0.3, -0.25) is 13.9 Å². The van der Waals surface area contributed by atoms with Gasteiger partial charge >= 0.3 is 0 Å². The molecule has 2 amide bonds. The van der Waals surface area contributed by atoms with Crippen molar-refractivity contribution in [1.29, 1.82) is 0 Å². The maximum atomic E-state index is 14.0. The molecule has 0 aliphatic heterocycles. The van der Waals surface area contributed by atoms with Crippen LogP contribution in [0.4, 0.5) is 5.69 Å². The molecule has 7 nitrogen and oxygen atoms in total. The van der Waals surface area contributed by atoms with Gasteiger partial charge in [0.05, 0.1) is 10.6 Å². The quantitative estimate of drug-likeness (QED) is 0.313. The van der Waals surface area contributed by atoms with Crippen LogP contribution in [0.5, 0.6) is 0 Å². The minimum Gasteiger partial charge on any atom is -0.354 e. The molecule has 3 aromatic carbocycles. The van der Waals surface area contributed by atoms with E-state index in [4.69, 9.17) is 11.6 Å². The molecule has 1 atom stereocenters. The molecule has 0 aliphatic rings. The number of halogens is 1. The number of nitrogens with one attached hydrogen (secondary N) is 1. The summed E-state index contributed by atoms with van der Waals surface area (Å²) in [5.41, 5.74) is 3.08. The average molecular weight is 570 g/mol. The summed E-state index contributed by atoms with van der Waals surface area (Å²) < 4.78 is 28.8. The smallest absolute Gasteiger partial charge is 0.264 e. The van der Waals surface area contributed by atoms with Crippen molar-refractivity contribution in [3.05, 3.63) is 94.5 Å². The molecule has 208 valence electrons. The summed E-state index contributed by atoms with van der Waals surface area (Å²) in [5.74, 6) is -0.764. The van der Waals surface area contributed by atoms with Crippen LogP contribution in [0.1, 0.15) is 43.4 Å². The molecule has 39 heavy (non-hydrogen) atoms. The lowest BCUT2D eigenvalue weighted by Crippen LogP contribution is -2.52. The third-order valence-corrected chi connectivity index (χ3v) is 8.42. The highest BCUT2D eigenvalue weighted by atomic mass is 35.5. The summed E-state index contributed by atoms with van der Waals surface area (Å²) in [6.45, 7) is 7.77. The molecule has 0 aliphatic carbocycles. The lowest BCUT2D eigenvalue weighted by Gasteiger charge is -2.33. The number of sulfonamides is 1. The minimum atomic E-state index is -4.13. The Morgan fingerprint density at radius 3 is 2.10 bits per heavy atom. The molecule has 0 bridgehead atoms. The predicted octanol–water partition coefficient (Wildman–Crippen LogP) is 5.49. The number of anilines is 1. The highest BCUT2D eigenvalue weighted by molar-refractivity contribution is 7.92. The number of carbonyl (C=O) groups is 2. The zero-order chi connectivity index (χ0) is 28.6. The van der Waals surface area contributed by atoms with E-state index in [1.54, 1.807) is 30.3 Å². The molecule has 0 unspecified atom stereocenters. The molecule has 0 spiro atoms. The van der Waals surface area contributed by atoms with Gasteiger partial charge in [-0.15, -0.1) is 0 Å². The third-order valence-electron chi connectivity index (χ3n) is 6.39. The number of hydrogen-bond donors (Lipinski definition) is 1. The van der Waals surface area contributed by atoms with Crippen LogP contribution in [-0.4, -0.2) is 44.3 Å². The Balaban J connectivity index is 2.04. The first-order valence-electron chi connectivity index (χ1n) is 13.0. The van der Waals surface area contributed by atoms with E-state index in [2.05, 4.69) is 5.32 Å². The zero-order valence-corrected chi connectivity index (χ0v) is 24.4. The lowest BCUT2D eigenvalue weighted by molar-refractivity contribution is -0.140. The molecular weight excluding hydrogens is 534 g/mol. The van der Waals surface area contributed by atoms with Crippen LogP contribution in [-0.2, 0) is 26.2 Å². The van der Waals surface area contributed by atoms with Crippen molar-refractivity contribution >= 4 is 39.1 Å². The number of amides is 2. The van der Waals surface area contributed by atoms with Crippen molar-refractivity contribution < 1.29 is 18.0 Å². The fourth-order valence-corrected chi connectivity index (χ4v) is 5.76. The number of nitrogens with zero attached hydrogens (tertiary/aromatic N) is 2. The molecule has 0 saturated heterocycles. The highest BCUT2D eigenvalue weighted by Crippen LogP contribution is 2.27. The van der Waals surface area contributed by atoms with Crippen LogP contribution in [0.3, 0.4) is 0 Å². The Morgan fingerprint density at radius 1 is 0.923 bits per heavy atom. The molecule has 0 fully saturated rings. The number of hydrogen-bond acceptors (Lipinski definition) is 4. The summed E-state index contributed by atoms with van der Waals surface area (Å²) >= 11 is 6.22. The normalized spacial score (nSPS) is 12.0. The Kier molecular flexibility index (Phi) is 10.5. The molecule has 0 saturated carbocycles. The second-order valence-electron chi connectivity index (χ2n) is 9.53. The van der Waals surface area contributed by atoms with E-state index in [1.807, 2.05) is 52.0 Å². The molecule has 3 rings (SSSR count). The van der Waals surface area contributed by atoms with E-state index in [-0.39, 0.29) is 23.0 Å². The minimum absolute atomic E-state index is 0.0543. The summed E-state index contributed by atoms with van der Waals surface area (Å²) in [7, 11) is -4.13. The Bertz CT molecular complexity index is 1380. The van der Waals surface area contributed by atoms with Gasteiger partial charge in [-0.2, -0.15) is 0 Å². The van der Waals surface area contributed by atoms with Crippen LogP contribution in [0, 0.1) is 13.8 Å². The Labute approximate surface area is 236 Å². The van der Waals surface area contributed by atoms with E-state index < -0.39 is 28.5 Å². The van der Waals surface area contributed by atoms with E-state index in [0.717, 1.165) is 27.4 Å². The van der Waals surface area contributed by atoms with Gasteiger partial charge in [-0.1, -0.05) is 79.0 Å². The van der Waals surface area contributed by atoms with E-state index in [9.17, 15) is 18.0 Å². The second kappa shape index (κ2) is 13.6. The fourth-order valence-electron chi connectivity index (χ4n) is 4.17. The Hall–Kier alpha value is -3.36. The largest absolute Gasteiger partial charge is 0.354 e. The van der Waals surface area contributed by atoms with Crippen molar-refractivity contribution in [1.82, 2.24) is 10.2 Å². The first-order valence-corrected chi connectivity index (χ1v) is 14.9. The van der Waals surface area contributed by atoms with Crippen molar-refractivity contribution in [3.8, 4) is 0 Å². The summed E-state index contributed by atoms with van der Waals surface area (Å²) in [6.07, 6.45) is 1.13. The van der Waals surface area contributed by atoms with Crippen LogP contribution >= 0.6 is 11.6 Å². The standard InChI is InChI=1S/C30H36ClN3O4S/c1-5-18-32-30(36)28(6-2)33(20-24-14-10-22(3)11-15-24)29(35)21-34(26-9-7-8-25(31)19-26)39(37,38)27-16-12-23(4)13-17-27/h7-17,19,28H,5-6,18,20-21H2,1-4H3,(H,32,36)/t28-/m0/s1. The first-order chi connectivity index (χ1) is 18.6. The van der Waals surface area contributed by atoms with Crippen molar-refractivity contribution in [2.24, 2.45) is 0 Å². The molecule has 0 radical (unpaired) electrons. The maximum Gasteiger partial charge on any atom is 0.264 e. The molecule has 0 heterocycles. The van der Waals surface area contributed by atoms with Gasteiger partial charge in [0, 0.05) is 18.1 Å². The van der Waals surface area contributed by atoms with E-state index in [1.165, 1.54) is 23.1 Å². The van der Waals surface area contributed by atoms with Gasteiger partial charge in [0.15, 0.2) is 0 Å². The SMILES string of the molecule is CCCNC(=O)[C@H](CC)N(Cc1ccc(C)cc1)C(=O)CN(c1cccc(Cl)c1)S(=O)(=O)c1ccc(C)cc1. The number of carbonyl (C=O) groups excluding carboxylic acids is 2. The second-order valence-corrected chi connectivity index (χ2v) is 11.8. The monoisotopic (exact) mass is 569 g/mol. The third kappa shape index (κ3) is 7.83. The average Bonchev–Trinajstić information content (AvgIpc) is 2.91. The predicted molar refractivity (Wildman–Crippen MR) is 156 cm³/mol. The van der Waals surface area contributed by atoms with Gasteiger partial charge in [0.25, 0.3) is 10.0 Å². The van der Waals surface area contributed by atoms with Crippen LogP contribution in [0.25, 0.3) is 0 Å². The first kappa shape index (κ1) is 30.2. The van der Waals surface area contributed by atoms with E-state index in [0.29, 0.717) is 18.0 Å². The lowest BCUT2D eigenvalue weighted by atomic mass is 10.1. The summed E-state index contributed by atoms with van der Waals surface area (Å²) in [5, 5.41) is 3.22. The molecule has 9 heteroatoms. The number of benzene rings is 3. The van der Waals surface area contributed by atoms with Gasteiger partial charge in [0.2, 0.25) is 11.8 Å². The van der Waals surface area contributed by atoms with Gasteiger partial charge in [-0.05, 0) is 62.6 Å². The molecule has 1 N–H and O–H groups in total.